The summed E-state index contributed by atoms with van der Waals surface area (Å²) in [5.41, 5.74) is 4.88. The van der Waals surface area contributed by atoms with Crippen LogP contribution in [-0.2, 0) is 9.53 Å². The first-order valence-corrected chi connectivity index (χ1v) is 4.94. The number of carbonyl (C=O) groups excluding carboxylic acids is 2. The number of alkyl carbamates (subject to hydrolysis) is 1. The lowest BCUT2D eigenvalue weighted by atomic mass is 10.1. The number of carbonyl (C=O) groups is 2. The summed E-state index contributed by atoms with van der Waals surface area (Å²) < 4.78 is 5.02. The number of ether oxygens (including phenoxy) is 1. The van der Waals surface area contributed by atoms with E-state index in [9.17, 15) is 9.59 Å². The van der Waals surface area contributed by atoms with Crippen molar-refractivity contribution in [2.24, 2.45) is 5.73 Å². The van der Waals surface area contributed by atoms with Crippen molar-refractivity contribution in [2.75, 3.05) is 0 Å². The Morgan fingerprint density at radius 2 is 2.19 bits per heavy atom. The van der Waals surface area contributed by atoms with Crippen LogP contribution in [-0.4, -0.2) is 30.1 Å². The molecule has 3 N–H and O–H groups in total. The van der Waals surface area contributed by atoms with Gasteiger partial charge in [-0.25, -0.2) is 4.79 Å². The number of amides is 1. The standard InChI is InChI=1S/C11H18N2O3/c1-5-6-9(8(12)7-14)13-10(15)16-11(2,3)4/h1,7-9H,6,12H2,2-4H3,(H,13,15)/t8?,9-/m0/s1. The lowest BCUT2D eigenvalue weighted by Crippen LogP contribution is -2.49. The van der Waals surface area contributed by atoms with Crippen LogP contribution in [0.3, 0.4) is 0 Å². The highest BCUT2D eigenvalue weighted by atomic mass is 16.6. The molecule has 0 rings (SSSR count). The van der Waals surface area contributed by atoms with Gasteiger partial charge in [-0.1, -0.05) is 0 Å². The van der Waals surface area contributed by atoms with Crippen molar-refractivity contribution in [3.8, 4) is 12.3 Å². The number of hydrogen-bond donors (Lipinski definition) is 2. The minimum atomic E-state index is -0.830. The van der Waals surface area contributed by atoms with E-state index in [0.29, 0.717) is 6.29 Å². The molecule has 16 heavy (non-hydrogen) atoms. The summed E-state index contributed by atoms with van der Waals surface area (Å²) in [4.78, 5) is 21.9. The monoisotopic (exact) mass is 226 g/mol. The Bertz CT molecular complexity index is 289. The summed E-state index contributed by atoms with van der Waals surface area (Å²) in [7, 11) is 0. The fourth-order valence-electron chi connectivity index (χ4n) is 0.964. The van der Waals surface area contributed by atoms with Crippen LogP contribution in [0.25, 0.3) is 0 Å². The zero-order valence-electron chi connectivity index (χ0n) is 9.82. The maximum Gasteiger partial charge on any atom is 0.407 e. The van der Waals surface area contributed by atoms with Gasteiger partial charge in [0.15, 0.2) is 0 Å². The summed E-state index contributed by atoms with van der Waals surface area (Å²) in [6.07, 6.45) is 5.20. The fourth-order valence-corrected chi connectivity index (χ4v) is 0.964. The van der Waals surface area contributed by atoms with Gasteiger partial charge in [0.05, 0.1) is 12.1 Å². The molecule has 0 aromatic carbocycles. The Morgan fingerprint density at radius 1 is 1.62 bits per heavy atom. The Kier molecular flexibility index (Phi) is 5.54. The van der Waals surface area contributed by atoms with Crippen LogP contribution < -0.4 is 11.1 Å². The second kappa shape index (κ2) is 6.13. The van der Waals surface area contributed by atoms with Crippen molar-refractivity contribution in [2.45, 2.75) is 44.9 Å². The van der Waals surface area contributed by atoms with Gasteiger partial charge in [0.2, 0.25) is 0 Å². The molecule has 0 aliphatic rings. The van der Waals surface area contributed by atoms with Crippen LogP contribution in [0.15, 0.2) is 0 Å². The van der Waals surface area contributed by atoms with Gasteiger partial charge in [-0.2, -0.15) is 0 Å². The van der Waals surface area contributed by atoms with Crippen molar-refractivity contribution in [1.29, 1.82) is 0 Å². The van der Waals surface area contributed by atoms with Crippen LogP contribution >= 0.6 is 0 Å². The summed E-state index contributed by atoms with van der Waals surface area (Å²) in [6.45, 7) is 5.22. The van der Waals surface area contributed by atoms with Crippen LogP contribution in [0.4, 0.5) is 4.79 Å². The minimum Gasteiger partial charge on any atom is -0.444 e. The molecule has 0 fully saturated rings. The van der Waals surface area contributed by atoms with Gasteiger partial charge in [-0.15, -0.1) is 12.3 Å². The second-order valence-corrected chi connectivity index (χ2v) is 4.37. The highest BCUT2D eigenvalue weighted by molar-refractivity contribution is 5.70. The predicted molar refractivity (Wildman–Crippen MR) is 60.6 cm³/mol. The zero-order chi connectivity index (χ0) is 12.8. The van der Waals surface area contributed by atoms with Crippen molar-refractivity contribution >= 4 is 12.4 Å². The molecular weight excluding hydrogens is 208 g/mol. The molecule has 0 heterocycles. The highest BCUT2D eigenvalue weighted by Crippen LogP contribution is 2.07. The van der Waals surface area contributed by atoms with Crippen molar-refractivity contribution in [3.63, 3.8) is 0 Å². The molecule has 2 atom stereocenters. The van der Waals surface area contributed by atoms with Crippen LogP contribution in [0.1, 0.15) is 27.2 Å². The van der Waals surface area contributed by atoms with Gasteiger partial charge >= 0.3 is 6.09 Å². The minimum absolute atomic E-state index is 0.180. The molecule has 90 valence electrons. The Morgan fingerprint density at radius 3 is 2.56 bits per heavy atom. The first kappa shape index (κ1) is 14.5. The quantitative estimate of drug-likeness (QED) is 0.538. The molecule has 5 heteroatoms. The van der Waals surface area contributed by atoms with E-state index in [1.165, 1.54) is 0 Å². The van der Waals surface area contributed by atoms with Gasteiger partial charge in [-0.05, 0) is 20.8 Å². The van der Waals surface area contributed by atoms with E-state index < -0.39 is 23.8 Å². The Hall–Kier alpha value is -1.54. The second-order valence-electron chi connectivity index (χ2n) is 4.37. The first-order chi connectivity index (χ1) is 7.30. The first-order valence-electron chi connectivity index (χ1n) is 4.94. The zero-order valence-corrected chi connectivity index (χ0v) is 9.82. The summed E-state index contributed by atoms with van der Waals surface area (Å²) in [5.74, 6) is 2.34. The number of nitrogens with one attached hydrogen (secondary N) is 1. The molecule has 0 aliphatic carbocycles. The maximum atomic E-state index is 11.4. The van der Waals surface area contributed by atoms with E-state index in [1.807, 2.05) is 0 Å². The van der Waals surface area contributed by atoms with E-state index >= 15 is 0 Å². The predicted octanol–water partition coefficient (Wildman–Crippen LogP) is 0.429. The smallest absolute Gasteiger partial charge is 0.407 e. The number of hydrogen-bond acceptors (Lipinski definition) is 4. The molecule has 0 saturated heterocycles. The van der Waals surface area contributed by atoms with Gasteiger partial charge in [0, 0.05) is 6.42 Å². The number of terminal acetylenes is 1. The highest BCUT2D eigenvalue weighted by Gasteiger charge is 2.22. The fraction of sp³-hybridized carbons (Fsp3) is 0.636. The SMILES string of the molecule is C#CC[C@H](NC(=O)OC(C)(C)C)C(N)C=O. The Balaban J connectivity index is 4.36. The van der Waals surface area contributed by atoms with E-state index in [-0.39, 0.29) is 6.42 Å². The van der Waals surface area contributed by atoms with Crippen LogP contribution in [0.5, 0.6) is 0 Å². The van der Waals surface area contributed by atoms with E-state index in [1.54, 1.807) is 20.8 Å². The molecule has 0 spiro atoms. The molecule has 0 bridgehead atoms. The number of nitrogens with two attached hydrogens (primary N) is 1. The third-order valence-corrected chi connectivity index (χ3v) is 1.66. The average Bonchev–Trinajstić information content (AvgIpc) is 2.13. The lowest BCUT2D eigenvalue weighted by molar-refractivity contribution is -0.109. The molecule has 5 nitrogen and oxygen atoms in total. The van der Waals surface area contributed by atoms with Gasteiger partial charge in [0.25, 0.3) is 0 Å². The van der Waals surface area contributed by atoms with Crippen molar-refractivity contribution < 1.29 is 14.3 Å². The molecule has 1 amide bonds. The largest absolute Gasteiger partial charge is 0.444 e. The van der Waals surface area contributed by atoms with Crippen molar-refractivity contribution in [3.05, 3.63) is 0 Å². The van der Waals surface area contributed by atoms with Gasteiger partial charge in [-0.3, -0.25) is 0 Å². The molecule has 0 aliphatic heterocycles. The van der Waals surface area contributed by atoms with E-state index in [0.717, 1.165) is 0 Å². The molecule has 0 aromatic heterocycles. The summed E-state index contributed by atoms with van der Waals surface area (Å²) in [6, 6.07) is -1.43. The third kappa shape index (κ3) is 6.04. The average molecular weight is 226 g/mol. The maximum absolute atomic E-state index is 11.4. The molecule has 0 saturated carbocycles. The summed E-state index contributed by atoms with van der Waals surface area (Å²) in [5, 5.41) is 2.47. The topological polar surface area (TPSA) is 81.4 Å². The molecule has 0 aromatic rings. The van der Waals surface area contributed by atoms with E-state index in [4.69, 9.17) is 16.9 Å². The summed E-state index contributed by atoms with van der Waals surface area (Å²) >= 11 is 0. The molecule has 0 radical (unpaired) electrons. The van der Waals surface area contributed by atoms with Crippen LogP contribution in [0, 0.1) is 12.3 Å². The molecule has 1 unspecified atom stereocenters. The lowest BCUT2D eigenvalue weighted by Gasteiger charge is -2.24. The van der Waals surface area contributed by atoms with Crippen LogP contribution in [0.2, 0.25) is 0 Å². The van der Waals surface area contributed by atoms with Gasteiger partial charge < -0.3 is 20.6 Å². The van der Waals surface area contributed by atoms with Gasteiger partial charge in [0.1, 0.15) is 11.9 Å². The normalized spacial score (nSPS) is 14.4. The van der Waals surface area contributed by atoms with E-state index in [2.05, 4.69) is 11.2 Å². The molecular formula is C11H18N2O3. The third-order valence-electron chi connectivity index (χ3n) is 1.66. The number of aldehydes is 1. The van der Waals surface area contributed by atoms with Crippen molar-refractivity contribution in [1.82, 2.24) is 5.32 Å². The number of rotatable bonds is 4. The Labute approximate surface area is 95.7 Å².